The van der Waals surface area contributed by atoms with Gasteiger partial charge in [0.2, 0.25) is 0 Å². The SMILES string of the molecule is CC[N+](CC)(CC)CCCCCCCCCC(=O)O.COCl. The fourth-order valence-electron chi connectivity index (χ4n) is 2.75. The Morgan fingerprint density at radius 3 is 1.64 bits per heavy atom. The molecule has 0 aromatic carbocycles. The molecular formula is C17H37ClNO3+. The fourth-order valence-corrected chi connectivity index (χ4v) is 2.75. The minimum absolute atomic E-state index is 0.337. The number of aliphatic carboxylic acids is 1. The van der Waals surface area contributed by atoms with Crippen molar-refractivity contribution in [3.05, 3.63) is 0 Å². The molecule has 1 N–H and O–H groups in total. The molecule has 0 rings (SSSR count). The van der Waals surface area contributed by atoms with Gasteiger partial charge in [0.05, 0.1) is 45.2 Å². The Kier molecular flexibility index (Phi) is 18.5. The topological polar surface area (TPSA) is 46.5 Å². The zero-order valence-corrected chi connectivity index (χ0v) is 15.8. The summed E-state index contributed by atoms with van der Waals surface area (Å²) in [6.07, 6.45) is 8.70. The lowest BCUT2D eigenvalue weighted by atomic mass is 10.1. The van der Waals surface area contributed by atoms with Crippen LogP contribution in [0.15, 0.2) is 0 Å². The maximum Gasteiger partial charge on any atom is 0.303 e. The molecule has 0 unspecified atom stereocenters. The molecule has 0 saturated carbocycles. The Morgan fingerprint density at radius 1 is 0.909 bits per heavy atom. The van der Waals surface area contributed by atoms with Crippen molar-refractivity contribution < 1.29 is 18.7 Å². The molecule has 4 nitrogen and oxygen atoms in total. The number of nitrogens with zero attached hydrogens (tertiary/aromatic N) is 1. The Morgan fingerprint density at radius 2 is 1.27 bits per heavy atom. The van der Waals surface area contributed by atoms with E-state index < -0.39 is 5.97 Å². The van der Waals surface area contributed by atoms with Gasteiger partial charge in [0.1, 0.15) is 0 Å². The van der Waals surface area contributed by atoms with Crippen molar-refractivity contribution in [3.63, 3.8) is 0 Å². The van der Waals surface area contributed by atoms with Gasteiger partial charge in [-0.1, -0.05) is 25.7 Å². The van der Waals surface area contributed by atoms with Gasteiger partial charge in [-0.2, -0.15) is 0 Å². The minimum atomic E-state index is -0.659. The maximum atomic E-state index is 10.4. The summed E-state index contributed by atoms with van der Waals surface area (Å²) in [6.45, 7) is 12.0. The summed E-state index contributed by atoms with van der Waals surface area (Å²) < 4.78 is 4.98. The molecule has 134 valence electrons. The number of halogens is 1. The van der Waals surface area contributed by atoms with E-state index in [-0.39, 0.29) is 0 Å². The number of carboxylic acid groups (broad SMARTS) is 1. The number of unbranched alkanes of at least 4 members (excludes halogenated alkanes) is 6. The summed E-state index contributed by atoms with van der Waals surface area (Å²) in [5, 5.41) is 8.53. The van der Waals surface area contributed by atoms with E-state index in [1.54, 1.807) is 0 Å². The molecule has 0 amide bonds. The highest BCUT2D eigenvalue weighted by atomic mass is 35.5. The first-order chi connectivity index (χ1) is 10.5. The molecule has 0 aromatic heterocycles. The first-order valence-corrected chi connectivity index (χ1v) is 9.04. The van der Waals surface area contributed by atoms with E-state index in [2.05, 4.69) is 36.9 Å². The Balaban J connectivity index is 0. The number of carboxylic acids is 1. The van der Waals surface area contributed by atoms with Gasteiger partial charge in [-0.25, -0.2) is 0 Å². The number of rotatable bonds is 13. The second kappa shape index (κ2) is 17.0. The average Bonchev–Trinajstić information content (AvgIpc) is 2.50. The summed E-state index contributed by atoms with van der Waals surface area (Å²) in [6, 6.07) is 0. The van der Waals surface area contributed by atoms with Crippen LogP contribution in [0, 0.1) is 0 Å². The zero-order chi connectivity index (χ0) is 17.3. The maximum absolute atomic E-state index is 10.4. The molecule has 0 aliphatic carbocycles. The largest absolute Gasteiger partial charge is 0.481 e. The van der Waals surface area contributed by atoms with Crippen molar-refractivity contribution in [2.24, 2.45) is 0 Å². The molecule has 0 fully saturated rings. The first kappa shape index (κ1) is 23.9. The van der Waals surface area contributed by atoms with E-state index in [1.165, 1.54) is 69.9 Å². The van der Waals surface area contributed by atoms with Crippen molar-refractivity contribution in [1.29, 1.82) is 0 Å². The summed E-state index contributed by atoms with van der Waals surface area (Å²) in [4.78, 5) is 10.4. The number of carbonyl (C=O) groups is 1. The van der Waals surface area contributed by atoms with E-state index in [1.807, 2.05) is 0 Å². The van der Waals surface area contributed by atoms with Crippen LogP contribution >= 0.6 is 11.9 Å². The van der Waals surface area contributed by atoms with Crippen LogP contribution in [0.3, 0.4) is 0 Å². The van der Waals surface area contributed by atoms with Crippen molar-refractivity contribution >= 4 is 17.8 Å². The third-order valence-corrected chi connectivity index (χ3v) is 4.54. The smallest absolute Gasteiger partial charge is 0.303 e. The highest BCUT2D eigenvalue weighted by molar-refractivity contribution is 6.07. The average molecular weight is 339 g/mol. The van der Waals surface area contributed by atoms with Crippen LogP contribution < -0.4 is 0 Å². The van der Waals surface area contributed by atoms with Crippen LogP contribution in [0.2, 0.25) is 0 Å². The van der Waals surface area contributed by atoms with Gasteiger partial charge in [-0.3, -0.25) is 9.08 Å². The molecule has 0 radical (unpaired) electrons. The number of hydrogen-bond donors (Lipinski definition) is 1. The molecule has 0 bridgehead atoms. The first-order valence-electron chi connectivity index (χ1n) is 8.73. The lowest BCUT2D eigenvalue weighted by Crippen LogP contribution is -2.48. The Labute approximate surface area is 142 Å². The molecule has 5 heteroatoms. The van der Waals surface area contributed by atoms with Gasteiger partial charge >= 0.3 is 5.97 Å². The molecule has 0 heterocycles. The van der Waals surface area contributed by atoms with E-state index >= 15 is 0 Å². The highest BCUT2D eigenvalue weighted by Gasteiger charge is 2.19. The fraction of sp³-hybridized carbons (Fsp3) is 0.941. The van der Waals surface area contributed by atoms with Crippen molar-refractivity contribution in [3.8, 4) is 0 Å². The highest BCUT2D eigenvalue weighted by Crippen LogP contribution is 2.12. The minimum Gasteiger partial charge on any atom is -0.481 e. The summed E-state index contributed by atoms with van der Waals surface area (Å²) >= 11 is 4.50. The molecule has 0 spiro atoms. The summed E-state index contributed by atoms with van der Waals surface area (Å²) in [5.74, 6) is -0.659. The van der Waals surface area contributed by atoms with Crippen LogP contribution in [-0.2, 0) is 9.08 Å². The van der Waals surface area contributed by atoms with E-state index in [0.717, 1.165) is 12.8 Å². The molecule has 0 aliphatic heterocycles. The normalized spacial score (nSPS) is 11.0. The lowest BCUT2D eigenvalue weighted by molar-refractivity contribution is -0.923. The van der Waals surface area contributed by atoms with Crippen molar-refractivity contribution in [2.45, 2.75) is 72.1 Å². The van der Waals surface area contributed by atoms with Crippen LogP contribution in [0.4, 0.5) is 0 Å². The van der Waals surface area contributed by atoms with Crippen LogP contribution in [-0.4, -0.2) is 48.8 Å². The van der Waals surface area contributed by atoms with Crippen molar-refractivity contribution in [1.82, 2.24) is 0 Å². The molecule has 0 aromatic rings. The molecule has 0 saturated heterocycles. The summed E-state index contributed by atoms with van der Waals surface area (Å²) in [5.41, 5.74) is 0. The van der Waals surface area contributed by atoms with Crippen LogP contribution in [0.25, 0.3) is 0 Å². The molecule has 0 atom stereocenters. The monoisotopic (exact) mass is 338 g/mol. The summed E-state index contributed by atoms with van der Waals surface area (Å²) in [7, 11) is 1.39. The van der Waals surface area contributed by atoms with Gasteiger partial charge in [0.25, 0.3) is 0 Å². The van der Waals surface area contributed by atoms with Gasteiger partial charge < -0.3 is 9.59 Å². The standard InChI is InChI=1S/C16H33NO2.CH3ClO/c1-4-17(5-2,6-3)15-13-11-9-7-8-10-12-14-16(18)19;1-3-2/h4-15H2,1-3H3;1H3/p+1. The van der Waals surface area contributed by atoms with Gasteiger partial charge in [-0.15, -0.1) is 0 Å². The number of quaternary nitrogens is 1. The van der Waals surface area contributed by atoms with Crippen LogP contribution in [0.5, 0.6) is 0 Å². The Hall–Kier alpha value is -0.320. The third kappa shape index (κ3) is 14.6. The lowest BCUT2D eigenvalue weighted by Gasteiger charge is -2.35. The van der Waals surface area contributed by atoms with E-state index in [9.17, 15) is 4.79 Å². The molecular weight excluding hydrogens is 302 g/mol. The van der Waals surface area contributed by atoms with Gasteiger partial charge in [0, 0.05) is 6.42 Å². The Bertz CT molecular complexity index is 238. The third-order valence-electron chi connectivity index (χ3n) is 4.54. The number of hydrogen-bond acceptors (Lipinski definition) is 2. The zero-order valence-electron chi connectivity index (χ0n) is 15.1. The van der Waals surface area contributed by atoms with Gasteiger partial charge in [0.15, 0.2) is 0 Å². The second-order valence-electron chi connectivity index (χ2n) is 5.79. The predicted molar refractivity (Wildman–Crippen MR) is 94.2 cm³/mol. The van der Waals surface area contributed by atoms with Crippen LogP contribution in [0.1, 0.15) is 72.1 Å². The van der Waals surface area contributed by atoms with E-state index in [0.29, 0.717) is 6.42 Å². The van der Waals surface area contributed by atoms with Gasteiger partial charge in [-0.05, 0) is 40.0 Å². The van der Waals surface area contributed by atoms with E-state index in [4.69, 9.17) is 5.11 Å². The van der Waals surface area contributed by atoms with Crippen molar-refractivity contribution in [2.75, 3.05) is 33.3 Å². The second-order valence-corrected chi connectivity index (χ2v) is 6.10. The molecule has 0 aliphatic rings. The molecule has 22 heavy (non-hydrogen) atoms. The quantitative estimate of drug-likeness (QED) is 0.385. The predicted octanol–water partition coefficient (Wildman–Crippen LogP) is 4.85.